The first-order valence-corrected chi connectivity index (χ1v) is 6.51. The molecule has 0 fully saturated rings. The normalized spacial score (nSPS) is 19.9. The molecule has 0 radical (unpaired) electrons. The lowest BCUT2D eigenvalue weighted by Gasteiger charge is -2.06. The molecule has 0 saturated heterocycles. The molecule has 0 aromatic carbocycles. The van der Waals surface area contributed by atoms with Gasteiger partial charge in [0.2, 0.25) is 0 Å². The van der Waals surface area contributed by atoms with Crippen LogP contribution in [0.1, 0.15) is 24.6 Å². The summed E-state index contributed by atoms with van der Waals surface area (Å²) < 4.78 is 1.85. The molecule has 88 valence electrons. The van der Waals surface area contributed by atoms with Crippen molar-refractivity contribution in [2.24, 2.45) is 12.0 Å². The second kappa shape index (κ2) is 4.91. The first-order valence-electron chi connectivity index (χ1n) is 5.63. The Morgan fingerprint density at radius 3 is 3.00 bits per heavy atom. The van der Waals surface area contributed by atoms with E-state index in [4.69, 9.17) is 0 Å². The molecule has 0 bridgehead atoms. The van der Waals surface area contributed by atoms with Gasteiger partial charge >= 0.3 is 0 Å². The molecule has 2 heterocycles. The van der Waals surface area contributed by atoms with Crippen molar-refractivity contribution in [2.45, 2.75) is 32.1 Å². The highest BCUT2D eigenvalue weighted by Gasteiger charge is 2.17. The minimum Gasteiger partial charge on any atom is -0.361 e. The molecule has 1 aliphatic rings. The molecule has 5 heteroatoms. The van der Waals surface area contributed by atoms with Crippen LogP contribution in [0.3, 0.4) is 0 Å². The average molecular weight is 238 g/mol. The summed E-state index contributed by atoms with van der Waals surface area (Å²) in [5.74, 6) is 0. The molecule has 1 aromatic heterocycles. The molecule has 1 N–H and O–H groups in total. The molecule has 16 heavy (non-hydrogen) atoms. The Morgan fingerprint density at radius 1 is 1.62 bits per heavy atom. The summed E-state index contributed by atoms with van der Waals surface area (Å²) in [6.45, 7) is 6.02. The van der Waals surface area contributed by atoms with Crippen LogP contribution in [0.25, 0.3) is 0 Å². The lowest BCUT2D eigenvalue weighted by molar-refractivity contribution is 0.756. The van der Waals surface area contributed by atoms with Crippen molar-refractivity contribution < 1.29 is 0 Å². The van der Waals surface area contributed by atoms with E-state index in [1.54, 1.807) is 0 Å². The number of hydrogen-bond donors (Lipinski definition) is 1. The van der Waals surface area contributed by atoms with Gasteiger partial charge in [0, 0.05) is 30.6 Å². The minimum absolute atomic E-state index is 0.664. The number of thioether (sulfide) groups is 1. The van der Waals surface area contributed by atoms with E-state index >= 15 is 0 Å². The van der Waals surface area contributed by atoms with Crippen LogP contribution in [0.15, 0.2) is 11.2 Å². The maximum atomic E-state index is 4.48. The molecule has 1 unspecified atom stereocenters. The average Bonchev–Trinajstić information content (AvgIpc) is 2.82. The van der Waals surface area contributed by atoms with Gasteiger partial charge < -0.3 is 5.32 Å². The maximum Gasteiger partial charge on any atom is 0.157 e. The summed E-state index contributed by atoms with van der Waals surface area (Å²) >= 11 is 1.85. The Kier molecular flexibility index (Phi) is 3.53. The minimum atomic E-state index is 0.664. The second-order valence-electron chi connectivity index (χ2n) is 4.06. The molecule has 0 amide bonds. The van der Waals surface area contributed by atoms with E-state index in [0.717, 1.165) is 24.0 Å². The number of aryl methyl sites for hydroxylation is 2. The van der Waals surface area contributed by atoms with Crippen LogP contribution in [0.5, 0.6) is 0 Å². The summed E-state index contributed by atoms with van der Waals surface area (Å²) in [6, 6.07) is 0. The number of aromatic nitrogens is 2. The van der Waals surface area contributed by atoms with E-state index in [1.165, 1.54) is 12.0 Å². The van der Waals surface area contributed by atoms with Crippen molar-refractivity contribution in [1.29, 1.82) is 0 Å². The number of nitrogens with zero attached hydrogens (tertiary/aromatic N) is 3. The molecule has 1 aliphatic heterocycles. The van der Waals surface area contributed by atoms with Crippen LogP contribution in [0.4, 0.5) is 0 Å². The lowest BCUT2D eigenvalue weighted by Crippen LogP contribution is -2.19. The summed E-state index contributed by atoms with van der Waals surface area (Å²) in [6.07, 6.45) is 3.24. The number of amidine groups is 1. The van der Waals surface area contributed by atoms with Gasteiger partial charge in [-0.3, -0.25) is 9.67 Å². The highest BCUT2D eigenvalue weighted by atomic mass is 32.2. The Hall–Kier alpha value is -0.970. The van der Waals surface area contributed by atoms with Crippen LogP contribution in [0, 0.1) is 6.92 Å². The standard InChI is InChI=1S/C11H18N4S/c1-4-10-6-13-11(16-10)12-5-9-7-15(3)14-8(9)2/h7,10H,4-6H2,1-3H3,(H,12,13). The third kappa shape index (κ3) is 2.58. The van der Waals surface area contributed by atoms with Gasteiger partial charge in [0.1, 0.15) is 0 Å². The quantitative estimate of drug-likeness (QED) is 0.871. The van der Waals surface area contributed by atoms with Gasteiger partial charge in [0.05, 0.1) is 12.2 Å². The highest BCUT2D eigenvalue weighted by molar-refractivity contribution is 8.14. The third-order valence-corrected chi connectivity index (χ3v) is 4.03. The van der Waals surface area contributed by atoms with Crippen molar-refractivity contribution in [1.82, 2.24) is 15.1 Å². The van der Waals surface area contributed by atoms with Crippen LogP contribution in [-0.2, 0) is 13.6 Å². The molecule has 1 aromatic rings. The van der Waals surface area contributed by atoms with E-state index in [0.29, 0.717) is 5.25 Å². The Balaban J connectivity index is 1.86. The highest BCUT2D eigenvalue weighted by Crippen LogP contribution is 2.22. The molecule has 1 atom stereocenters. The molecule has 0 saturated carbocycles. The molecule has 0 aliphatic carbocycles. The number of rotatable bonds is 3. The van der Waals surface area contributed by atoms with E-state index in [2.05, 4.69) is 28.5 Å². The van der Waals surface area contributed by atoms with Gasteiger partial charge in [-0.05, 0) is 13.3 Å². The monoisotopic (exact) mass is 238 g/mol. The summed E-state index contributed by atoms with van der Waals surface area (Å²) in [7, 11) is 1.95. The number of aliphatic imine (C=N–C) groups is 1. The number of nitrogens with one attached hydrogen (secondary N) is 1. The van der Waals surface area contributed by atoms with Crippen molar-refractivity contribution >= 4 is 16.9 Å². The van der Waals surface area contributed by atoms with Gasteiger partial charge in [-0.15, -0.1) is 0 Å². The molecule has 4 nitrogen and oxygen atoms in total. The first kappa shape index (κ1) is 11.5. The van der Waals surface area contributed by atoms with Gasteiger partial charge in [-0.1, -0.05) is 18.7 Å². The first-order chi connectivity index (χ1) is 7.69. The van der Waals surface area contributed by atoms with Gasteiger partial charge in [0.25, 0.3) is 0 Å². The Morgan fingerprint density at radius 2 is 2.44 bits per heavy atom. The zero-order chi connectivity index (χ0) is 11.5. The fourth-order valence-corrected chi connectivity index (χ4v) is 2.66. The second-order valence-corrected chi connectivity index (χ2v) is 5.35. The molecular formula is C11H18N4S. The van der Waals surface area contributed by atoms with Gasteiger partial charge in [0.15, 0.2) is 5.17 Å². The topological polar surface area (TPSA) is 42.2 Å². The predicted molar refractivity (Wildman–Crippen MR) is 68.8 cm³/mol. The lowest BCUT2D eigenvalue weighted by atomic mass is 10.3. The molecular weight excluding hydrogens is 220 g/mol. The third-order valence-electron chi connectivity index (χ3n) is 2.72. The van der Waals surface area contributed by atoms with E-state index in [-0.39, 0.29) is 0 Å². The summed E-state index contributed by atoms with van der Waals surface area (Å²) in [5.41, 5.74) is 2.33. The SMILES string of the molecule is CCC1CN=C(NCc2cn(C)nc2C)S1. The van der Waals surface area contributed by atoms with Gasteiger partial charge in [-0.2, -0.15) is 5.10 Å². The van der Waals surface area contributed by atoms with Crippen LogP contribution >= 0.6 is 11.8 Å². The van der Waals surface area contributed by atoms with E-state index < -0.39 is 0 Å². The van der Waals surface area contributed by atoms with Crippen LogP contribution in [-0.4, -0.2) is 26.7 Å². The van der Waals surface area contributed by atoms with Crippen LogP contribution < -0.4 is 5.32 Å². The maximum absolute atomic E-state index is 4.48. The van der Waals surface area contributed by atoms with Gasteiger partial charge in [-0.25, -0.2) is 0 Å². The molecule has 0 spiro atoms. The Labute approximate surface area is 101 Å². The summed E-state index contributed by atoms with van der Waals surface area (Å²) in [4.78, 5) is 4.48. The predicted octanol–water partition coefficient (Wildman–Crippen LogP) is 1.70. The van der Waals surface area contributed by atoms with E-state index in [9.17, 15) is 0 Å². The van der Waals surface area contributed by atoms with Crippen molar-refractivity contribution in [3.8, 4) is 0 Å². The van der Waals surface area contributed by atoms with Crippen molar-refractivity contribution in [3.63, 3.8) is 0 Å². The van der Waals surface area contributed by atoms with E-state index in [1.807, 2.05) is 30.4 Å². The fraction of sp³-hybridized carbons (Fsp3) is 0.636. The largest absolute Gasteiger partial charge is 0.361 e. The van der Waals surface area contributed by atoms with Crippen LogP contribution in [0.2, 0.25) is 0 Å². The van der Waals surface area contributed by atoms with Crippen molar-refractivity contribution in [3.05, 3.63) is 17.5 Å². The van der Waals surface area contributed by atoms with Crippen molar-refractivity contribution in [2.75, 3.05) is 6.54 Å². The zero-order valence-corrected chi connectivity index (χ0v) is 10.8. The summed E-state index contributed by atoms with van der Waals surface area (Å²) in [5, 5.41) is 9.44. The zero-order valence-electron chi connectivity index (χ0n) is 10.0. The Bertz CT molecular complexity index is 397. The smallest absolute Gasteiger partial charge is 0.157 e. The number of hydrogen-bond acceptors (Lipinski definition) is 4. The fourth-order valence-electron chi connectivity index (χ4n) is 1.72. The molecule has 2 rings (SSSR count).